The van der Waals surface area contributed by atoms with Crippen LogP contribution in [0.25, 0.3) is 22.6 Å². The van der Waals surface area contributed by atoms with Crippen molar-refractivity contribution in [3.05, 3.63) is 18.7 Å². The van der Waals surface area contributed by atoms with Crippen molar-refractivity contribution >= 4 is 28.8 Å². The fourth-order valence-corrected chi connectivity index (χ4v) is 3.65. The second-order valence-electron chi connectivity index (χ2n) is 7.61. The van der Waals surface area contributed by atoms with Gasteiger partial charge in [0.1, 0.15) is 0 Å². The highest BCUT2D eigenvalue weighted by Gasteiger charge is 2.21. The van der Waals surface area contributed by atoms with Crippen molar-refractivity contribution in [1.29, 1.82) is 0 Å². The predicted molar refractivity (Wildman–Crippen MR) is 117 cm³/mol. The topological polar surface area (TPSA) is 157 Å². The van der Waals surface area contributed by atoms with Crippen LogP contribution in [0, 0.1) is 0 Å². The molecule has 12 heteroatoms. The van der Waals surface area contributed by atoms with Crippen LogP contribution >= 0.6 is 0 Å². The van der Waals surface area contributed by atoms with Gasteiger partial charge in [-0.3, -0.25) is 10.0 Å². The number of carbonyl (C=O) groups is 1. The largest absolute Gasteiger partial charge is 0.378 e. The van der Waals surface area contributed by atoms with E-state index in [-0.39, 0.29) is 11.9 Å². The number of unbranched alkanes of at least 4 members (excludes halogenated alkanes) is 3. The summed E-state index contributed by atoms with van der Waals surface area (Å²) >= 11 is 0. The Bertz CT molecular complexity index is 1050. The normalized spacial score (nSPS) is 14.1. The number of hydrogen-bond acceptors (Lipinski definition) is 10. The highest BCUT2D eigenvalue weighted by molar-refractivity contribution is 5.85. The lowest BCUT2D eigenvalue weighted by atomic mass is 10.1. The maximum Gasteiger partial charge on any atom is 0.243 e. The zero-order valence-corrected chi connectivity index (χ0v) is 17.8. The van der Waals surface area contributed by atoms with E-state index in [0.717, 1.165) is 62.3 Å². The van der Waals surface area contributed by atoms with E-state index < -0.39 is 0 Å². The molecule has 0 radical (unpaired) electrons. The molecule has 1 aliphatic rings. The van der Waals surface area contributed by atoms with E-state index in [1.54, 1.807) is 24.2 Å². The van der Waals surface area contributed by atoms with E-state index in [2.05, 4.69) is 19.9 Å². The van der Waals surface area contributed by atoms with E-state index in [4.69, 9.17) is 25.6 Å². The number of anilines is 2. The molecule has 1 amide bonds. The van der Waals surface area contributed by atoms with Crippen molar-refractivity contribution < 1.29 is 14.7 Å². The van der Waals surface area contributed by atoms with Gasteiger partial charge < -0.3 is 19.9 Å². The third-order valence-corrected chi connectivity index (χ3v) is 5.36. The van der Waals surface area contributed by atoms with Crippen molar-refractivity contribution in [1.82, 2.24) is 35.0 Å². The molecule has 170 valence electrons. The van der Waals surface area contributed by atoms with Crippen molar-refractivity contribution in [2.45, 2.75) is 38.6 Å². The van der Waals surface area contributed by atoms with E-state index in [9.17, 15) is 4.79 Å². The second-order valence-corrected chi connectivity index (χ2v) is 7.61. The molecular weight excluding hydrogens is 414 g/mol. The molecule has 32 heavy (non-hydrogen) atoms. The van der Waals surface area contributed by atoms with E-state index in [1.807, 2.05) is 4.57 Å². The Hall–Kier alpha value is -3.38. The Morgan fingerprint density at radius 2 is 1.84 bits per heavy atom. The fourth-order valence-electron chi connectivity index (χ4n) is 3.65. The molecule has 1 fully saturated rings. The number of aryl methyl sites for hydroxylation is 1. The Kier molecular flexibility index (Phi) is 7.02. The first-order valence-corrected chi connectivity index (χ1v) is 10.7. The number of morpholine rings is 1. The molecule has 12 nitrogen and oxygen atoms in total. The van der Waals surface area contributed by atoms with Crippen LogP contribution in [-0.2, 0) is 16.1 Å². The minimum atomic E-state index is -0.350. The number of aromatic nitrogens is 6. The molecule has 3 aromatic heterocycles. The van der Waals surface area contributed by atoms with Gasteiger partial charge >= 0.3 is 0 Å². The van der Waals surface area contributed by atoms with E-state index in [0.29, 0.717) is 31.0 Å². The average molecular weight is 441 g/mol. The van der Waals surface area contributed by atoms with Crippen LogP contribution in [0.5, 0.6) is 0 Å². The van der Waals surface area contributed by atoms with Gasteiger partial charge in [0.05, 0.1) is 25.1 Å². The van der Waals surface area contributed by atoms with Gasteiger partial charge in [-0.2, -0.15) is 0 Å². The third kappa shape index (κ3) is 5.08. The summed E-state index contributed by atoms with van der Waals surface area (Å²) in [5, 5.41) is 8.55. The smallest absolute Gasteiger partial charge is 0.243 e. The summed E-state index contributed by atoms with van der Waals surface area (Å²) in [6, 6.07) is 0. The average Bonchev–Trinajstić information content (AvgIpc) is 3.24. The number of hydroxylamine groups is 1. The summed E-state index contributed by atoms with van der Waals surface area (Å²) in [7, 11) is 0. The molecule has 0 aliphatic carbocycles. The molecule has 1 saturated heterocycles. The highest BCUT2D eigenvalue weighted by Crippen LogP contribution is 2.27. The first kappa shape index (κ1) is 21.8. The SMILES string of the molecule is Nc1ncc(-c2nc(N3CCOCC3)c3ncn(CCCCCCC(=O)NO)c3n2)cn1. The molecule has 4 heterocycles. The van der Waals surface area contributed by atoms with Gasteiger partial charge in [-0.05, 0) is 12.8 Å². The first-order chi connectivity index (χ1) is 15.7. The first-order valence-electron chi connectivity index (χ1n) is 10.7. The van der Waals surface area contributed by atoms with Crippen LogP contribution in [0.2, 0.25) is 0 Å². The maximum absolute atomic E-state index is 11.1. The monoisotopic (exact) mass is 441 g/mol. The summed E-state index contributed by atoms with van der Waals surface area (Å²) in [5.74, 6) is 1.15. The number of nitrogens with zero attached hydrogens (tertiary/aromatic N) is 7. The number of amides is 1. The van der Waals surface area contributed by atoms with Crippen LogP contribution in [-0.4, -0.2) is 66.9 Å². The van der Waals surface area contributed by atoms with Gasteiger partial charge in [0.25, 0.3) is 0 Å². The minimum Gasteiger partial charge on any atom is -0.378 e. The Balaban J connectivity index is 1.55. The number of nitrogens with one attached hydrogen (secondary N) is 1. The summed E-state index contributed by atoms with van der Waals surface area (Å²) in [6.07, 6.45) is 8.89. The van der Waals surface area contributed by atoms with Crippen molar-refractivity contribution in [3.63, 3.8) is 0 Å². The minimum absolute atomic E-state index is 0.199. The van der Waals surface area contributed by atoms with Gasteiger partial charge in [-0.25, -0.2) is 30.4 Å². The summed E-state index contributed by atoms with van der Waals surface area (Å²) in [5.41, 5.74) is 9.49. The molecule has 3 aromatic rings. The standard InChI is InChI=1S/C20H27N9O3/c21-20-22-11-14(12-23-20)17-25-18(28-7-9-32-10-8-28)16-19(26-17)29(13-24-16)6-4-2-1-3-5-15(30)27-31/h11-13,31H,1-10H2,(H,27,30)(H2,21,22,23). The molecular formula is C20H27N9O3. The molecule has 0 unspecified atom stereocenters. The number of hydrogen-bond donors (Lipinski definition) is 3. The van der Waals surface area contributed by atoms with Crippen molar-refractivity contribution in [3.8, 4) is 11.4 Å². The van der Waals surface area contributed by atoms with Crippen LogP contribution in [0.3, 0.4) is 0 Å². The molecule has 1 aliphatic heterocycles. The zero-order chi connectivity index (χ0) is 22.3. The van der Waals surface area contributed by atoms with Gasteiger partial charge in [-0.15, -0.1) is 0 Å². The predicted octanol–water partition coefficient (Wildman–Crippen LogP) is 1.16. The van der Waals surface area contributed by atoms with Gasteiger partial charge in [-0.1, -0.05) is 12.8 Å². The lowest BCUT2D eigenvalue weighted by molar-refractivity contribution is -0.129. The number of nitrogens with two attached hydrogens (primary N) is 1. The Morgan fingerprint density at radius 3 is 2.59 bits per heavy atom. The molecule has 4 N–H and O–H groups in total. The Morgan fingerprint density at radius 1 is 1.09 bits per heavy atom. The molecule has 0 spiro atoms. The number of imidazole rings is 1. The highest BCUT2D eigenvalue weighted by atomic mass is 16.5. The van der Waals surface area contributed by atoms with E-state index in [1.165, 1.54) is 0 Å². The molecule has 0 saturated carbocycles. The zero-order valence-electron chi connectivity index (χ0n) is 17.8. The van der Waals surface area contributed by atoms with Crippen molar-refractivity contribution in [2.24, 2.45) is 0 Å². The van der Waals surface area contributed by atoms with Crippen molar-refractivity contribution in [2.75, 3.05) is 36.9 Å². The lowest BCUT2D eigenvalue weighted by Crippen LogP contribution is -2.37. The molecule has 0 bridgehead atoms. The van der Waals surface area contributed by atoms with Crippen LogP contribution in [0.4, 0.5) is 11.8 Å². The number of carbonyl (C=O) groups excluding carboxylic acids is 1. The number of rotatable bonds is 9. The fraction of sp³-hybridized carbons (Fsp3) is 0.500. The van der Waals surface area contributed by atoms with Crippen LogP contribution in [0.15, 0.2) is 18.7 Å². The quantitative estimate of drug-likeness (QED) is 0.250. The van der Waals surface area contributed by atoms with Gasteiger partial charge in [0.2, 0.25) is 11.9 Å². The van der Waals surface area contributed by atoms with Gasteiger partial charge in [0, 0.05) is 38.4 Å². The van der Waals surface area contributed by atoms with Crippen LogP contribution in [0.1, 0.15) is 32.1 Å². The number of ether oxygens (including phenoxy) is 1. The Labute approximate surface area is 184 Å². The maximum atomic E-state index is 11.1. The number of fused-ring (bicyclic) bond motifs is 1. The molecule has 0 aromatic carbocycles. The van der Waals surface area contributed by atoms with E-state index >= 15 is 0 Å². The number of nitrogen functional groups attached to an aromatic ring is 1. The third-order valence-electron chi connectivity index (χ3n) is 5.36. The summed E-state index contributed by atoms with van der Waals surface area (Å²) < 4.78 is 7.52. The second kappa shape index (κ2) is 10.3. The lowest BCUT2D eigenvalue weighted by Gasteiger charge is -2.28. The molecule has 0 atom stereocenters. The summed E-state index contributed by atoms with van der Waals surface area (Å²) in [4.78, 5) is 35.6. The molecule has 4 rings (SSSR count). The van der Waals surface area contributed by atoms with Crippen LogP contribution < -0.4 is 16.1 Å². The summed E-state index contributed by atoms with van der Waals surface area (Å²) in [6.45, 7) is 3.50. The van der Waals surface area contributed by atoms with Gasteiger partial charge in [0.15, 0.2) is 22.8 Å².